The van der Waals surface area contributed by atoms with Gasteiger partial charge in [0.15, 0.2) is 0 Å². The highest BCUT2D eigenvalue weighted by molar-refractivity contribution is 7.18. The number of hydrogen-bond acceptors (Lipinski definition) is 6. The van der Waals surface area contributed by atoms with Crippen LogP contribution < -0.4 is 5.32 Å². The Morgan fingerprint density at radius 3 is 2.68 bits per heavy atom. The molecule has 3 aromatic rings. The molecule has 8 nitrogen and oxygen atoms in total. The first-order chi connectivity index (χ1) is 14.9. The number of nitrogens with one attached hydrogen (secondary N) is 1. The molecule has 4 rings (SSSR count). The first-order valence-electron chi connectivity index (χ1n) is 10.1. The summed E-state index contributed by atoms with van der Waals surface area (Å²) in [6.45, 7) is 2.71. The molecule has 0 radical (unpaired) electrons. The summed E-state index contributed by atoms with van der Waals surface area (Å²) >= 11 is 1.71. The zero-order chi connectivity index (χ0) is 22.0. The van der Waals surface area contributed by atoms with Crippen molar-refractivity contribution in [3.8, 4) is 0 Å². The number of carbonyl (C=O) groups excluding carboxylic acids is 2. The highest BCUT2D eigenvalue weighted by Crippen LogP contribution is 2.33. The van der Waals surface area contributed by atoms with E-state index in [0.717, 1.165) is 23.4 Å². The number of nitro benzene ring substituents is 1. The van der Waals surface area contributed by atoms with Crippen molar-refractivity contribution in [3.63, 3.8) is 0 Å². The third-order valence-electron chi connectivity index (χ3n) is 5.58. The van der Waals surface area contributed by atoms with Crippen LogP contribution in [0.3, 0.4) is 0 Å². The largest absolute Gasteiger partial charge is 0.343 e. The number of aryl methyl sites for hydroxylation is 1. The van der Waals surface area contributed by atoms with E-state index in [1.807, 2.05) is 18.2 Å². The van der Waals surface area contributed by atoms with Crippen LogP contribution in [0.1, 0.15) is 39.7 Å². The van der Waals surface area contributed by atoms with Crippen molar-refractivity contribution in [2.24, 2.45) is 0 Å². The van der Waals surface area contributed by atoms with Crippen LogP contribution in [0.5, 0.6) is 0 Å². The number of amides is 2. The molecule has 0 saturated carbocycles. The average Bonchev–Trinajstić information content (AvgIpc) is 3.22. The fraction of sp³-hybridized carbons (Fsp3) is 0.318. The molecule has 9 heteroatoms. The minimum Gasteiger partial charge on any atom is -0.343 e. The molecule has 0 spiro atoms. The van der Waals surface area contributed by atoms with Crippen molar-refractivity contribution in [1.29, 1.82) is 0 Å². The Morgan fingerprint density at radius 2 is 1.97 bits per heavy atom. The maximum atomic E-state index is 12.5. The van der Waals surface area contributed by atoms with Gasteiger partial charge in [-0.1, -0.05) is 18.2 Å². The lowest BCUT2D eigenvalue weighted by atomic mass is 9.97. The molecule has 0 aliphatic carbocycles. The topological polar surface area (TPSA) is 105 Å². The Kier molecular flexibility index (Phi) is 5.94. The van der Waals surface area contributed by atoms with Crippen LogP contribution in [-0.2, 0) is 4.79 Å². The number of thiazole rings is 1. The van der Waals surface area contributed by atoms with E-state index in [4.69, 9.17) is 4.98 Å². The molecule has 1 aliphatic rings. The minimum atomic E-state index is -0.521. The Bertz CT molecular complexity index is 1120. The normalized spacial score (nSPS) is 14.5. The first-order valence-corrected chi connectivity index (χ1v) is 10.9. The molecule has 1 fully saturated rings. The maximum absolute atomic E-state index is 12.5. The van der Waals surface area contributed by atoms with Crippen LogP contribution in [0.2, 0.25) is 0 Å². The molecule has 2 amide bonds. The number of aromatic nitrogens is 1. The lowest BCUT2D eigenvalue weighted by Crippen LogP contribution is -2.43. The van der Waals surface area contributed by atoms with Crippen LogP contribution in [-0.4, -0.2) is 46.3 Å². The summed E-state index contributed by atoms with van der Waals surface area (Å²) in [5.74, 6) is -0.317. The van der Waals surface area contributed by atoms with Gasteiger partial charge in [0.2, 0.25) is 5.91 Å². The third kappa shape index (κ3) is 4.56. The van der Waals surface area contributed by atoms with E-state index in [0.29, 0.717) is 24.6 Å². The molecule has 2 heterocycles. The van der Waals surface area contributed by atoms with E-state index in [9.17, 15) is 19.7 Å². The minimum absolute atomic E-state index is 0.115. The van der Waals surface area contributed by atoms with Crippen molar-refractivity contribution in [2.45, 2.75) is 25.7 Å². The van der Waals surface area contributed by atoms with Crippen LogP contribution >= 0.6 is 11.3 Å². The van der Waals surface area contributed by atoms with E-state index in [1.165, 1.54) is 22.9 Å². The molecule has 0 bridgehead atoms. The van der Waals surface area contributed by atoms with Gasteiger partial charge in [-0.05, 0) is 38.0 Å². The van der Waals surface area contributed by atoms with Crippen molar-refractivity contribution in [1.82, 2.24) is 15.2 Å². The number of fused-ring (bicyclic) bond motifs is 1. The van der Waals surface area contributed by atoms with Crippen molar-refractivity contribution >= 4 is 39.1 Å². The van der Waals surface area contributed by atoms with Gasteiger partial charge in [0.25, 0.3) is 11.6 Å². The van der Waals surface area contributed by atoms with E-state index in [1.54, 1.807) is 23.2 Å². The zero-order valence-corrected chi connectivity index (χ0v) is 17.9. The summed E-state index contributed by atoms with van der Waals surface area (Å²) < 4.78 is 1.18. The van der Waals surface area contributed by atoms with E-state index in [2.05, 4.69) is 11.4 Å². The second kappa shape index (κ2) is 8.81. The van der Waals surface area contributed by atoms with Gasteiger partial charge in [0, 0.05) is 36.2 Å². The molecule has 2 aromatic carbocycles. The fourth-order valence-corrected chi connectivity index (χ4v) is 4.89. The Hall–Kier alpha value is -3.33. The van der Waals surface area contributed by atoms with Crippen molar-refractivity contribution in [2.75, 3.05) is 19.6 Å². The van der Waals surface area contributed by atoms with E-state index in [-0.39, 0.29) is 23.7 Å². The summed E-state index contributed by atoms with van der Waals surface area (Å²) in [7, 11) is 0. The summed E-state index contributed by atoms with van der Waals surface area (Å²) in [4.78, 5) is 41.9. The zero-order valence-electron chi connectivity index (χ0n) is 17.0. The molecular weight excluding hydrogens is 416 g/mol. The molecule has 0 unspecified atom stereocenters. The monoisotopic (exact) mass is 438 g/mol. The van der Waals surface area contributed by atoms with Gasteiger partial charge < -0.3 is 10.2 Å². The highest BCUT2D eigenvalue weighted by Gasteiger charge is 2.26. The molecular formula is C22H22N4O4S. The van der Waals surface area contributed by atoms with Crippen LogP contribution in [0, 0.1) is 17.0 Å². The van der Waals surface area contributed by atoms with Crippen LogP contribution in [0.25, 0.3) is 10.2 Å². The number of rotatable bonds is 5. The Labute approximate surface area is 183 Å². The average molecular weight is 439 g/mol. The maximum Gasteiger partial charge on any atom is 0.273 e. The SMILES string of the molecule is Cc1ccc(C(=O)NCC(=O)N2CCC(c3nc4ccccc4s3)CC2)cc1[N+](=O)[O-]. The summed E-state index contributed by atoms with van der Waals surface area (Å²) in [6.07, 6.45) is 1.67. The molecule has 160 valence electrons. The van der Waals surface area contributed by atoms with Gasteiger partial charge in [-0.3, -0.25) is 19.7 Å². The standard InChI is InChI=1S/C22H22N4O4S/c1-14-6-7-16(12-18(14)26(29)30)21(28)23-13-20(27)25-10-8-15(9-11-25)22-24-17-4-2-3-5-19(17)31-22/h2-7,12,15H,8-11,13H2,1H3,(H,23,28). The lowest BCUT2D eigenvalue weighted by Gasteiger charge is -2.31. The summed E-state index contributed by atoms with van der Waals surface area (Å²) in [5.41, 5.74) is 1.55. The lowest BCUT2D eigenvalue weighted by molar-refractivity contribution is -0.385. The third-order valence-corrected chi connectivity index (χ3v) is 6.77. The van der Waals surface area contributed by atoms with Crippen LogP contribution in [0.15, 0.2) is 42.5 Å². The highest BCUT2D eigenvalue weighted by atomic mass is 32.1. The number of nitro groups is 1. The van der Waals surface area contributed by atoms with E-state index >= 15 is 0 Å². The Morgan fingerprint density at radius 1 is 1.23 bits per heavy atom. The number of likely N-dealkylation sites (tertiary alicyclic amines) is 1. The first kappa shape index (κ1) is 20.9. The summed E-state index contributed by atoms with van der Waals surface area (Å²) in [6, 6.07) is 12.4. The van der Waals surface area contributed by atoms with Crippen molar-refractivity contribution in [3.05, 3.63) is 68.7 Å². The number of benzene rings is 2. The van der Waals surface area contributed by atoms with Gasteiger partial charge >= 0.3 is 0 Å². The van der Waals surface area contributed by atoms with Gasteiger partial charge in [0.05, 0.1) is 26.7 Å². The van der Waals surface area contributed by atoms with Crippen molar-refractivity contribution < 1.29 is 14.5 Å². The number of para-hydroxylation sites is 1. The number of piperidine rings is 1. The number of nitrogens with zero attached hydrogens (tertiary/aromatic N) is 3. The Balaban J connectivity index is 1.30. The number of carbonyl (C=O) groups is 2. The molecule has 1 aromatic heterocycles. The molecule has 1 saturated heterocycles. The van der Waals surface area contributed by atoms with Gasteiger partial charge in [-0.15, -0.1) is 11.3 Å². The van der Waals surface area contributed by atoms with Gasteiger partial charge in [-0.2, -0.15) is 0 Å². The molecule has 31 heavy (non-hydrogen) atoms. The predicted molar refractivity (Wildman–Crippen MR) is 118 cm³/mol. The molecule has 1 aliphatic heterocycles. The smallest absolute Gasteiger partial charge is 0.273 e. The molecule has 0 atom stereocenters. The quantitative estimate of drug-likeness (QED) is 0.484. The van der Waals surface area contributed by atoms with E-state index < -0.39 is 10.8 Å². The van der Waals surface area contributed by atoms with Crippen LogP contribution in [0.4, 0.5) is 5.69 Å². The predicted octanol–water partition coefficient (Wildman–Crippen LogP) is 3.65. The second-order valence-electron chi connectivity index (χ2n) is 7.62. The van der Waals surface area contributed by atoms with Gasteiger partial charge in [0.1, 0.15) is 0 Å². The number of hydrogen-bond donors (Lipinski definition) is 1. The summed E-state index contributed by atoms with van der Waals surface area (Å²) in [5, 5.41) is 14.8. The second-order valence-corrected chi connectivity index (χ2v) is 8.68. The fourth-order valence-electron chi connectivity index (χ4n) is 3.76. The molecule has 1 N–H and O–H groups in total. The van der Waals surface area contributed by atoms with Gasteiger partial charge in [-0.25, -0.2) is 4.98 Å².